The lowest BCUT2D eigenvalue weighted by atomic mass is 9.74. The second-order valence-electron chi connectivity index (χ2n) is 7.34. The molecule has 0 spiro atoms. The van der Waals surface area contributed by atoms with E-state index in [-0.39, 0.29) is 24.8 Å². The Morgan fingerprint density at radius 1 is 1.12 bits per heavy atom. The van der Waals surface area contributed by atoms with Gasteiger partial charge in [-0.1, -0.05) is 36.4 Å². The number of hydrogen-bond acceptors (Lipinski definition) is 4. The second-order valence-corrected chi connectivity index (χ2v) is 7.34. The average molecular weight is 352 g/mol. The van der Waals surface area contributed by atoms with Crippen LogP contribution in [0.3, 0.4) is 0 Å². The summed E-state index contributed by atoms with van der Waals surface area (Å²) >= 11 is 0. The van der Waals surface area contributed by atoms with Crippen LogP contribution >= 0.6 is 0 Å². The highest BCUT2D eigenvalue weighted by atomic mass is 16.6. The van der Waals surface area contributed by atoms with Gasteiger partial charge in [0.25, 0.3) is 0 Å². The molecule has 2 aliphatic heterocycles. The van der Waals surface area contributed by atoms with Gasteiger partial charge in [-0.15, -0.1) is 0 Å². The van der Waals surface area contributed by atoms with Crippen molar-refractivity contribution in [2.24, 2.45) is 0 Å². The number of pyridine rings is 1. The van der Waals surface area contributed by atoms with E-state index in [1.54, 1.807) is 6.20 Å². The molecule has 3 heterocycles. The molecule has 2 fully saturated rings. The summed E-state index contributed by atoms with van der Waals surface area (Å²) in [7, 11) is 0. The Hall–Kier alpha value is -2.40. The largest absolute Gasteiger partial charge is 0.445 e. The average Bonchev–Trinajstić information content (AvgIpc) is 2.67. The molecule has 0 radical (unpaired) electrons. The van der Waals surface area contributed by atoms with Crippen molar-refractivity contribution in [2.75, 3.05) is 0 Å². The van der Waals surface area contributed by atoms with Gasteiger partial charge in [0.2, 0.25) is 0 Å². The zero-order valence-corrected chi connectivity index (χ0v) is 14.8. The summed E-state index contributed by atoms with van der Waals surface area (Å²) < 4.78 is 5.57. The van der Waals surface area contributed by atoms with Gasteiger partial charge in [-0.05, 0) is 37.0 Å². The summed E-state index contributed by atoms with van der Waals surface area (Å²) in [4.78, 5) is 19.0. The van der Waals surface area contributed by atoms with E-state index in [1.165, 1.54) is 0 Å². The third kappa shape index (κ3) is 3.31. The number of carbonyl (C=O) groups is 1. The van der Waals surface area contributed by atoms with Gasteiger partial charge in [-0.25, -0.2) is 4.79 Å². The number of amides is 1. The molecule has 1 aromatic heterocycles. The molecule has 2 aliphatic rings. The van der Waals surface area contributed by atoms with E-state index < -0.39 is 5.60 Å². The molecule has 2 aromatic rings. The van der Waals surface area contributed by atoms with Gasteiger partial charge in [-0.2, -0.15) is 0 Å². The van der Waals surface area contributed by atoms with E-state index in [0.29, 0.717) is 18.5 Å². The SMILES string of the molecule is O=C(OCc1ccccc1)N1C2CCCC1CC(O)(c1ccccn1)C2. The molecule has 1 aromatic carbocycles. The minimum atomic E-state index is -0.965. The number of benzene rings is 1. The van der Waals surface area contributed by atoms with Crippen molar-refractivity contribution in [3.05, 3.63) is 66.0 Å². The second kappa shape index (κ2) is 7.08. The maximum atomic E-state index is 12.7. The summed E-state index contributed by atoms with van der Waals surface area (Å²) in [5.41, 5.74) is 0.718. The van der Waals surface area contributed by atoms with Crippen LogP contribution < -0.4 is 0 Å². The number of aliphatic hydroxyl groups is 1. The van der Waals surface area contributed by atoms with Crippen LogP contribution in [0.15, 0.2) is 54.7 Å². The predicted octanol–water partition coefficient (Wildman–Crippen LogP) is 3.62. The zero-order valence-electron chi connectivity index (χ0n) is 14.8. The van der Waals surface area contributed by atoms with E-state index in [4.69, 9.17) is 4.74 Å². The molecule has 136 valence electrons. The first kappa shape index (κ1) is 17.0. The molecule has 26 heavy (non-hydrogen) atoms. The van der Waals surface area contributed by atoms with Crippen LogP contribution in [0.2, 0.25) is 0 Å². The molecule has 1 amide bonds. The third-order valence-electron chi connectivity index (χ3n) is 5.57. The van der Waals surface area contributed by atoms with E-state index in [0.717, 1.165) is 24.8 Å². The standard InChI is InChI=1S/C21H24N2O3/c24-20(26-15-16-7-2-1-3-8-16)23-17-9-6-10-18(23)14-21(25,13-17)19-11-4-5-12-22-19/h1-5,7-8,11-12,17-18,25H,6,9-10,13-15H2. The van der Waals surface area contributed by atoms with Crippen molar-refractivity contribution in [1.29, 1.82) is 0 Å². The van der Waals surface area contributed by atoms with Gasteiger partial charge in [0.15, 0.2) is 0 Å². The van der Waals surface area contributed by atoms with Crippen molar-refractivity contribution in [2.45, 2.75) is 56.4 Å². The van der Waals surface area contributed by atoms with Gasteiger partial charge in [0.05, 0.1) is 5.69 Å². The Morgan fingerprint density at radius 2 is 1.81 bits per heavy atom. The molecular formula is C21H24N2O3. The van der Waals surface area contributed by atoms with Crippen molar-refractivity contribution in [3.63, 3.8) is 0 Å². The Balaban J connectivity index is 1.48. The van der Waals surface area contributed by atoms with Crippen molar-refractivity contribution < 1.29 is 14.6 Å². The minimum absolute atomic E-state index is 0.00206. The third-order valence-corrected chi connectivity index (χ3v) is 5.57. The highest BCUT2D eigenvalue weighted by molar-refractivity contribution is 5.69. The fourth-order valence-corrected chi connectivity index (χ4v) is 4.37. The number of carbonyl (C=O) groups excluding carboxylic acids is 1. The fourth-order valence-electron chi connectivity index (χ4n) is 4.37. The Kier molecular flexibility index (Phi) is 4.64. The van der Waals surface area contributed by atoms with Crippen LogP contribution in [0.1, 0.15) is 43.4 Å². The molecule has 4 rings (SSSR count). The maximum Gasteiger partial charge on any atom is 0.410 e. The Bertz CT molecular complexity index is 736. The van der Waals surface area contributed by atoms with Crippen LogP contribution in [0.5, 0.6) is 0 Å². The topological polar surface area (TPSA) is 62.7 Å². The maximum absolute atomic E-state index is 12.7. The lowest BCUT2D eigenvalue weighted by Crippen LogP contribution is -2.59. The normalized spacial score (nSPS) is 27.8. The highest BCUT2D eigenvalue weighted by Crippen LogP contribution is 2.43. The smallest absolute Gasteiger partial charge is 0.410 e. The lowest BCUT2D eigenvalue weighted by Gasteiger charge is -2.51. The molecular weight excluding hydrogens is 328 g/mol. The molecule has 2 unspecified atom stereocenters. The highest BCUT2D eigenvalue weighted by Gasteiger charge is 2.49. The number of aromatic nitrogens is 1. The Morgan fingerprint density at radius 3 is 2.46 bits per heavy atom. The van der Waals surface area contributed by atoms with Crippen LogP contribution in [0.4, 0.5) is 4.79 Å². The molecule has 5 nitrogen and oxygen atoms in total. The molecule has 1 N–H and O–H groups in total. The number of rotatable bonds is 3. The molecule has 5 heteroatoms. The molecule has 0 aliphatic carbocycles. The zero-order chi connectivity index (χ0) is 18.0. The summed E-state index contributed by atoms with van der Waals surface area (Å²) in [6.45, 7) is 0.278. The van der Waals surface area contributed by atoms with Crippen molar-refractivity contribution in [3.8, 4) is 0 Å². The Labute approximate surface area is 153 Å². The molecule has 0 saturated carbocycles. The van der Waals surface area contributed by atoms with Gasteiger partial charge in [0.1, 0.15) is 12.2 Å². The van der Waals surface area contributed by atoms with Crippen molar-refractivity contribution in [1.82, 2.24) is 9.88 Å². The van der Waals surface area contributed by atoms with Gasteiger partial charge in [-0.3, -0.25) is 4.98 Å². The number of hydrogen-bond donors (Lipinski definition) is 1. The molecule has 2 saturated heterocycles. The van der Waals surface area contributed by atoms with Crippen LogP contribution in [-0.4, -0.2) is 33.2 Å². The molecule has 2 bridgehead atoms. The van der Waals surface area contributed by atoms with Gasteiger partial charge in [0, 0.05) is 31.1 Å². The first-order valence-electron chi connectivity index (χ1n) is 9.29. The van der Waals surface area contributed by atoms with Crippen LogP contribution in [0.25, 0.3) is 0 Å². The fraction of sp³-hybridized carbons (Fsp3) is 0.429. The summed E-state index contributed by atoms with van der Waals surface area (Å²) in [6.07, 6.45) is 5.34. The first-order chi connectivity index (χ1) is 12.7. The minimum Gasteiger partial charge on any atom is -0.445 e. The van der Waals surface area contributed by atoms with Crippen LogP contribution in [0, 0.1) is 0 Å². The number of ether oxygens (including phenoxy) is 1. The predicted molar refractivity (Wildman–Crippen MR) is 97.3 cm³/mol. The van der Waals surface area contributed by atoms with E-state index in [9.17, 15) is 9.90 Å². The summed E-state index contributed by atoms with van der Waals surface area (Å²) in [5.74, 6) is 0. The van der Waals surface area contributed by atoms with E-state index in [1.807, 2.05) is 53.4 Å². The summed E-state index contributed by atoms with van der Waals surface area (Å²) in [5, 5.41) is 11.2. The van der Waals surface area contributed by atoms with Gasteiger partial charge < -0.3 is 14.7 Å². The quantitative estimate of drug-likeness (QED) is 0.916. The van der Waals surface area contributed by atoms with E-state index >= 15 is 0 Å². The summed E-state index contributed by atoms with van der Waals surface area (Å²) in [6, 6.07) is 15.3. The van der Waals surface area contributed by atoms with Crippen LogP contribution in [-0.2, 0) is 16.9 Å². The lowest BCUT2D eigenvalue weighted by molar-refractivity contribution is -0.0918. The van der Waals surface area contributed by atoms with Gasteiger partial charge >= 0.3 is 6.09 Å². The number of fused-ring (bicyclic) bond motifs is 2. The monoisotopic (exact) mass is 352 g/mol. The molecule has 2 atom stereocenters. The first-order valence-corrected chi connectivity index (χ1v) is 9.29. The number of nitrogens with zero attached hydrogens (tertiary/aromatic N) is 2. The van der Waals surface area contributed by atoms with E-state index in [2.05, 4.69) is 4.98 Å². The van der Waals surface area contributed by atoms with Crippen molar-refractivity contribution >= 4 is 6.09 Å². The number of piperidine rings is 2.